The van der Waals surface area contributed by atoms with Crippen LogP contribution in [0, 0.1) is 0 Å². The predicted octanol–water partition coefficient (Wildman–Crippen LogP) is 0.699. The van der Waals surface area contributed by atoms with Crippen molar-refractivity contribution >= 4 is 17.6 Å². The highest BCUT2D eigenvalue weighted by Crippen LogP contribution is 2.32. The van der Waals surface area contributed by atoms with Gasteiger partial charge in [0.25, 0.3) is 5.91 Å². The van der Waals surface area contributed by atoms with Crippen molar-refractivity contribution in [2.45, 2.75) is 38.6 Å². The number of Topliss-reactive ketones (excluding diaryl/α,β-unsaturated/α-hetero) is 1. The maximum Gasteiger partial charge on any atom is 0.268 e. The molecule has 0 radical (unpaired) electrons. The van der Waals surface area contributed by atoms with Crippen LogP contribution in [0.4, 0.5) is 0 Å². The van der Waals surface area contributed by atoms with E-state index in [4.69, 9.17) is 0 Å². The van der Waals surface area contributed by atoms with Gasteiger partial charge in [-0.05, 0) is 12.8 Å². The van der Waals surface area contributed by atoms with Gasteiger partial charge in [0.2, 0.25) is 5.91 Å². The van der Waals surface area contributed by atoms with Gasteiger partial charge in [-0.25, -0.2) is 0 Å². The third kappa shape index (κ3) is 1.35. The van der Waals surface area contributed by atoms with Gasteiger partial charge in [0, 0.05) is 12.8 Å². The Morgan fingerprint density at radius 2 is 2.19 bits per heavy atom. The van der Waals surface area contributed by atoms with Crippen molar-refractivity contribution in [3.8, 4) is 0 Å². The van der Waals surface area contributed by atoms with E-state index in [1.54, 1.807) is 6.92 Å². The van der Waals surface area contributed by atoms with Gasteiger partial charge >= 0.3 is 0 Å². The van der Waals surface area contributed by atoms with Gasteiger partial charge in [-0.2, -0.15) is 0 Å². The number of aliphatic hydroxyl groups excluding tert-OH is 1. The van der Waals surface area contributed by atoms with Gasteiger partial charge in [0.15, 0.2) is 5.78 Å². The van der Waals surface area contributed by atoms with Gasteiger partial charge in [-0.15, -0.1) is 0 Å². The zero-order valence-corrected chi connectivity index (χ0v) is 9.02. The summed E-state index contributed by atoms with van der Waals surface area (Å²) in [6.07, 6.45) is 1.65. The number of amides is 2. The fraction of sp³-hybridized carbons (Fsp3) is 0.545. The van der Waals surface area contributed by atoms with E-state index < -0.39 is 17.7 Å². The number of rotatable bonds is 2. The highest BCUT2D eigenvalue weighted by Gasteiger charge is 2.46. The Hall–Kier alpha value is -1.65. The van der Waals surface area contributed by atoms with E-state index in [1.807, 2.05) is 0 Å². The molecule has 0 saturated carbocycles. The quantitative estimate of drug-likeness (QED) is 0.552. The van der Waals surface area contributed by atoms with Crippen LogP contribution in [0.15, 0.2) is 11.3 Å². The third-order valence-electron chi connectivity index (χ3n) is 3.05. The van der Waals surface area contributed by atoms with Gasteiger partial charge in [0.05, 0.1) is 6.04 Å². The third-order valence-corrected chi connectivity index (χ3v) is 3.05. The zero-order chi connectivity index (χ0) is 11.9. The molecule has 1 N–H and O–H groups in total. The van der Waals surface area contributed by atoms with Crippen molar-refractivity contribution in [3.05, 3.63) is 11.3 Å². The summed E-state index contributed by atoms with van der Waals surface area (Å²) in [7, 11) is 0. The molecule has 1 fully saturated rings. The fourth-order valence-electron chi connectivity index (χ4n) is 2.22. The molecule has 2 aliphatic heterocycles. The number of fused-ring (bicyclic) bond motifs is 1. The standard InChI is InChI=1S/C11H13NO4/c1-2-7(13)9-10(15)6-4-3-5-8(14)12(6)11(9)16/h6,15H,2-5H2,1H3/t6-/m0/s1. The molecule has 2 rings (SSSR count). The van der Waals surface area contributed by atoms with E-state index in [-0.39, 0.29) is 23.7 Å². The number of aliphatic hydroxyl groups is 1. The molecule has 1 saturated heterocycles. The lowest BCUT2D eigenvalue weighted by Gasteiger charge is -2.27. The minimum Gasteiger partial charge on any atom is -0.509 e. The molecular weight excluding hydrogens is 210 g/mol. The van der Waals surface area contributed by atoms with Gasteiger partial charge in [-0.3, -0.25) is 19.3 Å². The second-order valence-corrected chi connectivity index (χ2v) is 4.01. The highest BCUT2D eigenvalue weighted by molar-refractivity contribution is 6.24. The van der Waals surface area contributed by atoms with Crippen LogP contribution in [0.5, 0.6) is 0 Å². The first-order chi connectivity index (χ1) is 7.57. The molecule has 16 heavy (non-hydrogen) atoms. The summed E-state index contributed by atoms with van der Waals surface area (Å²) in [5.41, 5.74) is -0.192. The summed E-state index contributed by atoms with van der Waals surface area (Å²) in [4.78, 5) is 35.9. The SMILES string of the molecule is CCC(=O)C1=C(O)[C@@H]2CCCC(=O)N2C1=O. The Labute approximate surface area is 92.7 Å². The summed E-state index contributed by atoms with van der Waals surface area (Å²) < 4.78 is 0. The maximum absolute atomic E-state index is 11.8. The summed E-state index contributed by atoms with van der Waals surface area (Å²) in [5, 5.41) is 9.82. The van der Waals surface area contributed by atoms with Crippen LogP contribution in [0.25, 0.3) is 0 Å². The average molecular weight is 223 g/mol. The smallest absolute Gasteiger partial charge is 0.268 e. The predicted molar refractivity (Wildman–Crippen MR) is 54.4 cm³/mol. The van der Waals surface area contributed by atoms with E-state index >= 15 is 0 Å². The second-order valence-electron chi connectivity index (χ2n) is 4.01. The van der Waals surface area contributed by atoms with E-state index in [9.17, 15) is 19.5 Å². The van der Waals surface area contributed by atoms with Gasteiger partial charge in [-0.1, -0.05) is 6.92 Å². The number of hydrogen-bond acceptors (Lipinski definition) is 4. The average Bonchev–Trinajstić information content (AvgIpc) is 2.52. The Bertz CT molecular complexity index is 410. The first-order valence-electron chi connectivity index (χ1n) is 5.40. The molecule has 0 unspecified atom stereocenters. The van der Waals surface area contributed by atoms with Crippen molar-refractivity contribution in [1.29, 1.82) is 0 Å². The van der Waals surface area contributed by atoms with E-state index in [2.05, 4.69) is 0 Å². The van der Waals surface area contributed by atoms with Crippen LogP contribution < -0.4 is 0 Å². The minimum absolute atomic E-state index is 0.153. The molecule has 5 heteroatoms. The molecule has 86 valence electrons. The van der Waals surface area contributed by atoms with Crippen LogP contribution in [-0.2, 0) is 14.4 Å². The Morgan fingerprint density at radius 3 is 2.75 bits per heavy atom. The molecule has 0 aliphatic carbocycles. The van der Waals surface area contributed by atoms with E-state index in [0.29, 0.717) is 19.3 Å². The molecule has 0 aromatic heterocycles. The number of hydrogen-bond donors (Lipinski definition) is 1. The fourth-order valence-corrected chi connectivity index (χ4v) is 2.22. The topological polar surface area (TPSA) is 74.7 Å². The summed E-state index contributed by atoms with van der Waals surface area (Å²) in [6, 6.07) is -0.598. The molecule has 2 amide bonds. The molecule has 0 bridgehead atoms. The Morgan fingerprint density at radius 1 is 1.50 bits per heavy atom. The first-order valence-corrected chi connectivity index (χ1v) is 5.40. The number of carbonyl (C=O) groups is 3. The van der Waals surface area contributed by atoms with Gasteiger partial charge < -0.3 is 5.11 Å². The number of carbonyl (C=O) groups excluding carboxylic acids is 3. The lowest BCUT2D eigenvalue weighted by Crippen LogP contribution is -2.44. The molecular formula is C11H13NO4. The monoisotopic (exact) mass is 223 g/mol. The van der Waals surface area contributed by atoms with Crippen molar-refractivity contribution < 1.29 is 19.5 Å². The number of piperidine rings is 1. The largest absolute Gasteiger partial charge is 0.509 e. The molecule has 0 aromatic rings. The molecule has 2 aliphatic rings. The van der Waals surface area contributed by atoms with E-state index in [0.717, 1.165) is 4.90 Å². The molecule has 0 aromatic carbocycles. The maximum atomic E-state index is 11.8. The number of nitrogens with zero attached hydrogens (tertiary/aromatic N) is 1. The van der Waals surface area contributed by atoms with Crippen molar-refractivity contribution in [2.75, 3.05) is 0 Å². The van der Waals surface area contributed by atoms with Crippen LogP contribution in [0.3, 0.4) is 0 Å². The van der Waals surface area contributed by atoms with E-state index in [1.165, 1.54) is 0 Å². The lowest BCUT2D eigenvalue weighted by atomic mass is 10.0. The number of ketones is 1. The van der Waals surface area contributed by atoms with Crippen LogP contribution in [-0.4, -0.2) is 33.6 Å². The van der Waals surface area contributed by atoms with Crippen LogP contribution in [0.2, 0.25) is 0 Å². The normalized spacial score (nSPS) is 25.1. The van der Waals surface area contributed by atoms with Crippen molar-refractivity contribution in [3.63, 3.8) is 0 Å². The lowest BCUT2D eigenvalue weighted by molar-refractivity contribution is -0.145. The van der Waals surface area contributed by atoms with Crippen LogP contribution in [0.1, 0.15) is 32.6 Å². The summed E-state index contributed by atoms with van der Waals surface area (Å²) in [5.74, 6) is -1.54. The first kappa shape index (κ1) is 10.9. The molecule has 0 spiro atoms. The Balaban J connectivity index is 2.40. The van der Waals surface area contributed by atoms with Crippen LogP contribution >= 0.6 is 0 Å². The highest BCUT2D eigenvalue weighted by atomic mass is 16.3. The van der Waals surface area contributed by atoms with Gasteiger partial charge in [0.1, 0.15) is 11.3 Å². The molecule has 2 heterocycles. The Kier molecular flexibility index (Phi) is 2.53. The second kappa shape index (κ2) is 3.73. The minimum atomic E-state index is -0.626. The van der Waals surface area contributed by atoms with Crippen molar-refractivity contribution in [2.24, 2.45) is 0 Å². The molecule has 1 atom stereocenters. The van der Waals surface area contributed by atoms with Crippen molar-refractivity contribution in [1.82, 2.24) is 4.90 Å². The summed E-state index contributed by atoms with van der Waals surface area (Å²) >= 11 is 0. The molecule has 5 nitrogen and oxygen atoms in total. The number of imide groups is 1. The zero-order valence-electron chi connectivity index (χ0n) is 9.02. The summed E-state index contributed by atoms with van der Waals surface area (Å²) in [6.45, 7) is 1.62.